The molecule has 6 aliphatic rings. The summed E-state index contributed by atoms with van der Waals surface area (Å²) in [7, 11) is 1.53. The first-order chi connectivity index (χ1) is 62.8. The molecule has 5 amide bonds. The van der Waals surface area contributed by atoms with Gasteiger partial charge < -0.3 is 56.8 Å². The molecule has 0 radical (unpaired) electrons. The first kappa shape index (κ1) is 91.5. The summed E-state index contributed by atoms with van der Waals surface area (Å²) in [5, 5.41) is 4.71. The monoisotopic (exact) mass is 1840 g/mol. The molecule has 18 rings (SSSR count). The van der Waals surface area contributed by atoms with Crippen LogP contribution in [0.4, 0.5) is 58.7 Å². The number of nitrogens with two attached hydrogens (primary N) is 3. The lowest BCUT2D eigenvalue weighted by molar-refractivity contribution is -0.132. The van der Waals surface area contributed by atoms with Crippen LogP contribution in [0.15, 0.2) is 162 Å². The lowest BCUT2D eigenvalue weighted by atomic mass is 9.91. The number of hydrogen-bond acceptors (Lipinski definition) is 20. The third-order valence-corrected chi connectivity index (χ3v) is 26.6. The van der Waals surface area contributed by atoms with Crippen molar-refractivity contribution in [2.45, 2.75) is 150 Å². The zero-order valence-electron chi connectivity index (χ0n) is 75.0. The van der Waals surface area contributed by atoms with Crippen molar-refractivity contribution in [2.75, 3.05) is 88.4 Å². The van der Waals surface area contributed by atoms with E-state index in [0.717, 1.165) is 22.4 Å². The Bertz CT molecular complexity index is 7140. The van der Waals surface area contributed by atoms with E-state index in [9.17, 15) is 38.4 Å². The Morgan fingerprint density at radius 2 is 0.811 bits per heavy atom. The van der Waals surface area contributed by atoms with Crippen molar-refractivity contribution in [3.8, 4) is 50.8 Å². The number of nitrogen functional groups attached to an aromatic ring is 3. The SMILES string of the molecule is C=CC(=O)N1CC2C(=O)N(C)c3c(c4cc(F)c(-c5cc(N)ccc5Cl)nc4n(-c4c(C)ccnc4C(C)C)c3=O)N2CC1C.C=CC(=O)N1CC2C(=O)Nc3c(c4cc(F)c(-c5cc(N)ccc5Cl)nc4n(-c4c(C)ccnc4C(C)C)c3=O)N2CC1C.C=CC(=O)N1CC2CCc3c(c4cc(F)c(-c5cc(N)ccc5Cl)nc4n(-c4c(C)ccnc4C(C)C)c3=O)N2CC1C. The van der Waals surface area contributed by atoms with Crippen LogP contribution in [0.1, 0.15) is 126 Å². The number of nitrogens with one attached hydrogen (secondary N) is 1. The number of pyridine rings is 9. The first-order valence-corrected chi connectivity index (χ1v) is 44.5. The van der Waals surface area contributed by atoms with E-state index in [4.69, 9.17) is 67.0 Å². The highest BCUT2D eigenvalue weighted by Crippen LogP contribution is 2.48. The molecule has 0 saturated carbocycles. The minimum absolute atomic E-state index is 0.00310. The minimum Gasteiger partial charge on any atom is -0.399 e. The standard InChI is InChI=1S/C33H33ClFN7O3.C33H34ClFN6O2.C32H31ClFN7O3/c1-7-25(43)40-15-24-32(44)39(6)30-29(41(24)14-18(40)5)21-13-23(35)27(20-12-19(36)8-9-22(20)34)38-31(21)42(33(30)45)28-17(4)10-11-37-26(28)16(2)3;1-6-27(42)39-16-21-8-9-22-31(40(21)15-19(39)5)24-14-26(35)29(23-13-20(36)7-10-25(23)34)38-32(24)41(33(22)43)30-18(4)11-12-37-28(30)17(2)3;1-6-24(42)39-14-23-31(43)38-27-29(40(23)13-17(39)5)20-12-22(34)26(19-11-18(35)7-8-21(19)33)37-30(20)41(32(27)44)28-16(4)9-10-36-25(28)15(2)3/h7-13,16,18,24H,1,14-15,36H2,2-6H3;6-7,10-14,17,19,21H,1,8-9,15-16,36H2,2-5H3;6-12,15,17,23H,1,13-14,35H2,2-5H3,(H,38,43). The predicted octanol–water partition coefficient (Wildman–Crippen LogP) is 15.4. The fourth-order valence-electron chi connectivity index (χ4n) is 19.2. The molecule has 132 heavy (non-hydrogen) atoms. The van der Waals surface area contributed by atoms with Crippen LogP contribution in [-0.4, -0.2) is 170 Å². The van der Waals surface area contributed by atoms with Crippen molar-refractivity contribution in [1.29, 1.82) is 0 Å². The Labute approximate surface area is 773 Å². The molecule has 0 spiro atoms. The summed E-state index contributed by atoms with van der Waals surface area (Å²) in [5.74, 6) is -3.63. The van der Waals surface area contributed by atoms with Crippen LogP contribution in [0, 0.1) is 38.2 Å². The van der Waals surface area contributed by atoms with Gasteiger partial charge in [0.05, 0.1) is 79.4 Å². The number of nitrogens with zero attached hydrogens (tertiary/aromatic N) is 16. The lowest BCUT2D eigenvalue weighted by Gasteiger charge is -2.49. The fourth-order valence-corrected chi connectivity index (χ4v) is 19.8. The summed E-state index contributed by atoms with van der Waals surface area (Å²) in [6.07, 6.45) is 10.0. The quantitative estimate of drug-likeness (QED) is 0.0652. The number of aryl methyl sites for hydroxylation is 3. The molecule has 0 aliphatic carbocycles. The maximum absolute atomic E-state index is 16.3. The van der Waals surface area contributed by atoms with Gasteiger partial charge >= 0.3 is 0 Å². The van der Waals surface area contributed by atoms with Crippen LogP contribution < -0.4 is 58.8 Å². The largest absolute Gasteiger partial charge is 0.399 e. The number of carbonyl (C=O) groups is 5. The van der Waals surface area contributed by atoms with Gasteiger partial charge in [0, 0.05) is 131 Å². The van der Waals surface area contributed by atoms with Crippen LogP contribution in [0.3, 0.4) is 0 Å². The van der Waals surface area contributed by atoms with E-state index in [1.165, 1.54) is 69.6 Å². The highest BCUT2D eigenvalue weighted by Gasteiger charge is 2.49. The molecule has 12 aromatic rings. The van der Waals surface area contributed by atoms with Gasteiger partial charge in [0.15, 0.2) is 11.3 Å². The summed E-state index contributed by atoms with van der Waals surface area (Å²) in [6.45, 7) is 35.6. The Kier molecular flexibility index (Phi) is 24.6. The van der Waals surface area contributed by atoms with Gasteiger partial charge in [-0.3, -0.25) is 67.0 Å². The molecule has 680 valence electrons. The van der Waals surface area contributed by atoms with Crippen LogP contribution in [0.25, 0.3) is 83.9 Å². The molecule has 3 saturated heterocycles. The fraction of sp³-hybridized carbons (Fsp3) is 0.306. The van der Waals surface area contributed by atoms with E-state index in [-0.39, 0.29) is 158 Å². The second kappa shape index (κ2) is 35.5. The van der Waals surface area contributed by atoms with Crippen molar-refractivity contribution < 1.29 is 37.1 Å². The second-order valence-electron chi connectivity index (χ2n) is 35.2. The summed E-state index contributed by atoms with van der Waals surface area (Å²) in [5.41, 5.74) is 27.5. The van der Waals surface area contributed by atoms with E-state index in [0.29, 0.717) is 126 Å². The number of amides is 5. The van der Waals surface area contributed by atoms with E-state index >= 15 is 13.2 Å². The molecular formula is C98H98Cl3F3N20O8. The van der Waals surface area contributed by atoms with Gasteiger partial charge in [-0.25, -0.2) is 28.1 Å². The molecular weight excluding hydrogens is 1750 g/mol. The molecule has 3 fully saturated rings. The third-order valence-electron chi connectivity index (χ3n) is 25.6. The number of halogens is 6. The van der Waals surface area contributed by atoms with Crippen molar-refractivity contribution >= 4 is 143 Å². The number of carbonyl (C=O) groups excluding carboxylic acids is 5. The minimum atomic E-state index is -0.821. The van der Waals surface area contributed by atoms with E-state index < -0.39 is 46.6 Å². The first-order valence-electron chi connectivity index (χ1n) is 43.4. The van der Waals surface area contributed by atoms with Crippen LogP contribution in [-0.2, 0) is 30.4 Å². The van der Waals surface area contributed by atoms with Gasteiger partial charge in [-0.1, -0.05) is 96.1 Å². The number of hydrogen-bond donors (Lipinski definition) is 4. The zero-order chi connectivity index (χ0) is 94.8. The molecule has 9 aromatic heterocycles. The van der Waals surface area contributed by atoms with Gasteiger partial charge in [0.2, 0.25) is 23.6 Å². The highest BCUT2D eigenvalue weighted by molar-refractivity contribution is 6.34. The second-order valence-corrected chi connectivity index (χ2v) is 36.4. The van der Waals surface area contributed by atoms with Gasteiger partial charge in [0.1, 0.15) is 63.6 Å². The molecule has 15 heterocycles. The Balaban J connectivity index is 0.000000144. The zero-order valence-corrected chi connectivity index (χ0v) is 77.3. The number of benzene rings is 3. The lowest BCUT2D eigenvalue weighted by Crippen LogP contribution is -2.66. The topological polar surface area (TPSA) is 341 Å². The van der Waals surface area contributed by atoms with Crippen molar-refractivity contribution in [1.82, 2.24) is 58.3 Å². The third kappa shape index (κ3) is 15.6. The number of rotatable bonds is 12. The average Bonchev–Trinajstić information content (AvgIpc) is 0.716. The van der Waals surface area contributed by atoms with Crippen molar-refractivity contribution in [2.24, 2.45) is 0 Å². The van der Waals surface area contributed by atoms with Crippen LogP contribution >= 0.6 is 34.8 Å². The molecule has 7 N–H and O–H groups in total. The maximum Gasteiger partial charge on any atom is 0.283 e. The van der Waals surface area contributed by atoms with Crippen molar-refractivity contribution in [3.05, 3.63) is 250 Å². The predicted molar refractivity (Wildman–Crippen MR) is 514 cm³/mol. The summed E-state index contributed by atoms with van der Waals surface area (Å²) < 4.78 is 53.1. The summed E-state index contributed by atoms with van der Waals surface area (Å²) in [4.78, 5) is 150. The number of fused-ring (bicyclic) bond motifs is 15. The Morgan fingerprint density at radius 1 is 0.455 bits per heavy atom. The van der Waals surface area contributed by atoms with Crippen LogP contribution in [0.2, 0.25) is 15.1 Å². The molecule has 0 bridgehead atoms. The number of aromatic nitrogens is 9. The average molecular weight is 1850 g/mol. The molecule has 6 aliphatic heterocycles. The maximum atomic E-state index is 16.3. The molecule has 3 aromatic carbocycles. The van der Waals surface area contributed by atoms with Gasteiger partial charge in [-0.15, -0.1) is 0 Å². The van der Waals surface area contributed by atoms with E-state index in [1.54, 1.807) is 97.4 Å². The summed E-state index contributed by atoms with van der Waals surface area (Å²) in [6, 6.07) is 21.3. The van der Waals surface area contributed by atoms with Gasteiger partial charge in [0.25, 0.3) is 22.6 Å². The number of piperazine rings is 3. The normalized spacial score (nSPS) is 18.0. The molecule has 6 unspecified atom stereocenters. The summed E-state index contributed by atoms with van der Waals surface area (Å²) >= 11 is 19.5. The van der Waals surface area contributed by atoms with Gasteiger partial charge in [-0.2, -0.15) is 0 Å². The number of anilines is 8. The van der Waals surface area contributed by atoms with E-state index in [1.807, 2.05) is 94.1 Å². The van der Waals surface area contributed by atoms with Crippen molar-refractivity contribution in [3.63, 3.8) is 0 Å². The van der Waals surface area contributed by atoms with Crippen LogP contribution in [0.5, 0.6) is 0 Å². The Hall–Kier alpha value is -13.8. The van der Waals surface area contributed by atoms with Gasteiger partial charge in [-0.05, 0) is 198 Å². The Morgan fingerprint density at radius 3 is 1.21 bits per heavy atom. The molecule has 34 heteroatoms. The molecule has 28 nitrogen and oxygen atoms in total. The highest BCUT2D eigenvalue weighted by atomic mass is 35.5. The number of likely N-dealkylation sites (N-methyl/N-ethyl adjacent to an activating group) is 1. The molecule has 6 atom stereocenters. The van der Waals surface area contributed by atoms with E-state index in [2.05, 4.69) is 44.9 Å². The smallest absolute Gasteiger partial charge is 0.283 e.